The number of nitrogens with zero attached hydrogens (tertiary/aromatic N) is 3. The number of benzene rings is 3. The molecule has 3 aromatic carbocycles. The Morgan fingerprint density at radius 2 is 1.43 bits per heavy atom. The lowest BCUT2D eigenvalue weighted by Crippen LogP contribution is -2.02. The van der Waals surface area contributed by atoms with Crippen molar-refractivity contribution in [2.24, 2.45) is 0 Å². The Morgan fingerprint density at radius 1 is 0.757 bits per heavy atom. The predicted octanol–water partition coefficient (Wildman–Crippen LogP) is 6.58. The molecule has 6 nitrogen and oxygen atoms in total. The molecule has 37 heavy (non-hydrogen) atoms. The molecule has 0 aliphatic carbocycles. The molecule has 0 saturated heterocycles. The van der Waals surface area contributed by atoms with E-state index in [1.807, 2.05) is 85.1 Å². The van der Waals surface area contributed by atoms with E-state index in [4.69, 9.17) is 19.4 Å². The molecule has 0 bridgehead atoms. The number of carbonyl (C=O) groups excluding carboxylic acids is 1. The van der Waals surface area contributed by atoms with Crippen molar-refractivity contribution in [2.45, 2.75) is 19.3 Å². The SMILES string of the molecule is COc1cccc(-c2nc3ccc(C(=O)CCCc4cccnc4)cc3nc2-c2cccc(OC)c2)c1. The summed E-state index contributed by atoms with van der Waals surface area (Å²) in [6, 6.07) is 25.0. The fourth-order valence-corrected chi connectivity index (χ4v) is 4.31. The van der Waals surface area contributed by atoms with Crippen molar-refractivity contribution < 1.29 is 14.3 Å². The summed E-state index contributed by atoms with van der Waals surface area (Å²) in [6.45, 7) is 0. The van der Waals surface area contributed by atoms with Gasteiger partial charge in [-0.05, 0) is 66.9 Å². The maximum absolute atomic E-state index is 13.0. The highest BCUT2D eigenvalue weighted by atomic mass is 16.5. The molecular formula is C31H27N3O3. The van der Waals surface area contributed by atoms with Gasteiger partial charge in [0.05, 0.1) is 36.6 Å². The zero-order chi connectivity index (χ0) is 25.6. The van der Waals surface area contributed by atoms with E-state index in [1.165, 1.54) is 0 Å². The normalized spacial score (nSPS) is 10.9. The summed E-state index contributed by atoms with van der Waals surface area (Å²) < 4.78 is 10.9. The third-order valence-electron chi connectivity index (χ3n) is 6.26. The van der Waals surface area contributed by atoms with Crippen molar-refractivity contribution in [1.29, 1.82) is 0 Å². The summed E-state index contributed by atoms with van der Waals surface area (Å²) in [5, 5.41) is 0. The van der Waals surface area contributed by atoms with Crippen molar-refractivity contribution in [2.75, 3.05) is 14.2 Å². The van der Waals surface area contributed by atoms with E-state index >= 15 is 0 Å². The molecule has 0 atom stereocenters. The molecule has 2 heterocycles. The predicted molar refractivity (Wildman–Crippen MR) is 145 cm³/mol. The van der Waals surface area contributed by atoms with Crippen LogP contribution in [0.15, 0.2) is 91.3 Å². The summed E-state index contributed by atoms with van der Waals surface area (Å²) in [7, 11) is 3.28. The number of Topliss-reactive ketones (excluding diaryl/α,β-unsaturated/α-hetero) is 1. The standard InChI is InChI=1S/C31H27N3O3/c1-36-25-11-4-9-23(17-25)30-31(24-10-5-12-26(18-24)37-2)34-28-19-22(14-15-27(28)33-30)29(35)13-3-7-21-8-6-16-32-20-21/h4-6,8-12,14-20H,3,7,13H2,1-2H3. The number of ether oxygens (including phenoxy) is 2. The van der Waals surface area contributed by atoms with Crippen LogP contribution in [0.3, 0.4) is 0 Å². The van der Waals surface area contributed by atoms with E-state index in [0.29, 0.717) is 23.2 Å². The van der Waals surface area contributed by atoms with Gasteiger partial charge in [-0.1, -0.05) is 30.3 Å². The Bertz CT molecular complexity index is 1550. The van der Waals surface area contributed by atoms with Gasteiger partial charge < -0.3 is 9.47 Å². The number of rotatable bonds is 9. The van der Waals surface area contributed by atoms with Crippen LogP contribution >= 0.6 is 0 Å². The zero-order valence-corrected chi connectivity index (χ0v) is 20.8. The molecule has 6 heteroatoms. The van der Waals surface area contributed by atoms with E-state index in [9.17, 15) is 4.79 Å². The van der Waals surface area contributed by atoms with Crippen LogP contribution in [0.4, 0.5) is 0 Å². The maximum atomic E-state index is 13.0. The van der Waals surface area contributed by atoms with Gasteiger partial charge in [0.15, 0.2) is 5.78 Å². The number of methoxy groups -OCH3 is 2. The minimum Gasteiger partial charge on any atom is -0.497 e. The van der Waals surface area contributed by atoms with Crippen molar-refractivity contribution in [1.82, 2.24) is 15.0 Å². The smallest absolute Gasteiger partial charge is 0.162 e. The van der Waals surface area contributed by atoms with Gasteiger partial charge in [0.2, 0.25) is 0 Å². The third-order valence-corrected chi connectivity index (χ3v) is 6.26. The second kappa shape index (κ2) is 11.0. The molecule has 0 aliphatic heterocycles. The van der Waals surface area contributed by atoms with E-state index in [2.05, 4.69) is 4.98 Å². The van der Waals surface area contributed by atoms with Gasteiger partial charge in [-0.25, -0.2) is 9.97 Å². The second-order valence-electron chi connectivity index (χ2n) is 8.73. The Morgan fingerprint density at radius 3 is 2.05 bits per heavy atom. The average molecular weight is 490 g/mol. The molecule has 0 aliphatic rings. The van der Waals surface area contributed by atoms with Crippen LogP contribution in [0.25, 0.3) is 33.5 Å². The first kappa shape index (κ1) is 24.1. The molecule has 0 N–H and O–H groups in total. The van der Waals surface area contributed by atoms with Gasteiger partial charge in [-0.3, -0.25) is 9.78 Å². The molecule has 0 saturated carbocycles. The summed E-state index contributed by atoms with van der Waals surface area (Å²) >= 11 is 0. The average Bonchev–Trinajstić information content (AvgIpc) is 2.96. The Hall–Kier alpha value is -4.58. The number of carbonyl (C=O) groups is 1. The van der Waals surface area contributed by atoms with E-state index in [-0.39, 0.29) is 5.78 Å². The van der Waals surface area contributed by atoms with Crippen LogP contribution in [-0.4, -0.2) is 35.0 Å². The molecule has 0 spiro atoms. The highest BCUT2D eigenvalue weighted by Gasteiger charge is 2.16. The summed E-state index contributed by atoms with van der Waals surface area (Å²) in [4.78, 5) is 27.1. The van der Waals surface area contributed by atoms with Crippen molar-refractivity contribution in [3.63, 3.8) is 0 Å². The first-order chi connectivity index (χ1) is 18.1. The van der Waals surface area contributed by atoms with E-state index in [1.54, 1.807) is 20.4 Å². The number of aromatic nitrogens is 3. The highest BCUT2D eigenvalue weighted by molar-refractivity contribution is 5.99. The lowest BCUT2D eigenvalue weighted by atomic mass is 10.0. The minimum atomic E-state index is 0.0902. The Kier molecular flexibility index (Phi) is 7.17. The maximum Gasteiger partial charge on any atom is 0.162 e. The lowest BCUT2D eigenvalue weighted by molar-refractivity contribution is 0.0980. The second-order valence-corrected chi connectivity index (χ2v) is 8.73. The van der Waals surface area contributed by atoms with Crippen LogP contribution < -0.4 is 9.47 Å². The molecular weight excluding hydrogens is 462 g/mol. The largest absolute Gasteiger partial charge is 0.497 e. The van der Waals surface area contributed by atoms with E-state index in [0.717, 1.165) is 52.2 Å². The monoisotopic (exact) mass is 489 g/mol. The molecule has 0 fully saturated rings. The number of ketones is 1. The number of hydrogen-bond donors (Lipinski definition) is 0. The number of fused-ring (bicyclic) bond motifs is 1. The van der Waals surface area contributed by atoms with Gasteiger partial charge in [0.1, 0.15) is 11.5 Å². The van der Waals surface area contributed by atoms with Crippen molar-refractivity contribution >= 4 is 16.8 Å². The molecule has 0 radical (unpaired) electrons. The number of hydrogen-bond acceptors (Lipinski definition) is 6. The quantitative estimate of drug-likeness (QED) is 0.218. The molecule has 184 valence electrons. The van der Waals surface area contributed by atoms with Crippen LogP contribution in [0, 0.1) is 0 Å². The van der Waals surface area contributed by atoms with Gasteiger partial charge in [-0.2, -0.15) is 0 Å². The van der Waals surface area contributed by atoms with Gasteiger partial charge in [-0.15, -0.1) is 0 Å². The summed E-state index contributed by atoms with van der Waals surface area (Å²) in [6.07, 6.45) is 5.63. The lowest BCUT2D eigenvalue weighted by Gasteiger charge is -2.13. The molecule has 5 aromatic rings. The van der Waals surface area contributed by atoms with Crippen molar-refractivity contribution in [3.8, 4) is 34.0 Å². The number of aryl methyl sites for hydroxylation is 1. The third kappa shape index (κ3) is 5.48. The Labute approximate surface area is 216 Å². The van der Waals surface area contributed by atoms with Crippen LogP contribution in [0.5, 0.6) is 11.5 Å². The Balaban J connectivity index is 1.52. The molecule has 0 amide bonds. The van der Waals surface area contributed by atoms with Gasteiger partial charge in [0, 0.05) is 35.5 Å². The number of pyridine rings is 1. The summed E-state index contributed by atoms with van der Waals surface area (Å²) in [5.41, 5.74) is 6.36. The zero-order valence-electron chi connectivity index (χ0n) is 20.8. The first-order valence-corrected chi connectivity index (χ1v) is 12.2. The summed E-state index contributed by atoms with van der Waals surface area (Å²) in [5.74, 6) is 1.56. The fraction of sp³-hybridized carbons (Fsp3) is 0.161. The first-order valence-electron chi connectivity index (χ1n) is 12.2. The molecule has 2 aromatic heterocycles. The van der Waals surface area contributed by atoms with Crippen LogP contribution in [-0.2, 0) is 6.42 Å². The fourth-order valence-electron chi connectivity index (χ4n) is 4.31. The van der Waals surface area contributed by atoms with Gasteiger partial charge in [0.25, 0.3) is 0 Å². The topological polar surface area (TPSA) is 74.2 Å². The van der Waals surface area contributed by atoms with Crippen molar-refractivity contribution in [3.05, 3.63) is 102 Å². The van der Waals surface area contributed by atoms with E-state index < -0.39 is 0 Å². The molecule has 5 rings (SSSR count). The highest BCUT2D eigenvalue weighted by Crippen LogP contribution is 2.34. The van der Waals surface area contributed by atoms with Crippen LogP contribution in [0.2, 0.25) is 0 Å². The minimum absolute atomic E-state index is 0.0902. The molecule has 0 unspecified atom stereocenters. The van der Waals surface area contributed by atoms with Crippen LogP contribution in [0.1, 0.15) is 28.8 Å². The van der Waals surface area contributed by atoms with Gasteiger partial charge >= 0.3 is 0 Å².